The number of nitriles is 1. The highest BCUT2D eigenvalue weighted by atomic mass is 16.5. The van der Waals surface area contributed by atoms with Gasteiger partial charge >= 0.3 is 0 Å². The monoisotopic (exact) mass is 211 g/mol. The number of rotatable bonds is 2. The molecule has 0 saturated heterocycles. The first-order valence-corrected chi connectivity index (χ1v) is 4.67. The molecular weight excluding hydrogens is 202 g/mol. The van der Waals surface area contributed by atoms with Crippen molar-refractivity contribution in [2.75, 3.05) is 5.73 Å². The molecule has 0 radical (unpaired) electrons. The van der Waals surface area contributed by atoms with Crippen molar-refractivity contribution in [1.82, 2.24) is 4.98 Å². The third-order valence-corrected chi connectivity index (χ3v) is 1.94. The molecule has 2 rings (SSSR count). The van der Waals surface area contributed by atoms with Gasteiger partial charge in [-0.05, 0) is 24.3 Å². The van der Waals surface area contributed by atoms with E-state index in [0.717, 1.165) is 0 Å². The third-order valence-electron chi connectivity index (χ3n) is 1.94. The number of nitrogens with two attached hydrogens (primary N) is 1. The SMILES string of the molecule is N#Cc1cccc(Oc2ccc(N)cn2)c1. The minimum atomic E-state index is 0.448. The zero-order chi connectivity index (χ0) is 11.4. The molecule has 0 saturated carbocycles. The summed E-state index contributed by atoms with van der Waals surface area (Å²) >= 11 is 0. The molecule has 0 unspecified atom stereocenters. The summed E-state index contributed by atoms with van der Waals surface area (Å²) in [4.78, 5) is 4.00. The Balaban J connectivity index is 2.21. The second-order valence-corrected chi connectivity index (χ2v) is 3.17. The van der Waals surface area contributed by atoms with Crippen LogP contribution in [0, 0.1) is 11.3 Å². The van der Waals surface area contributed by atoms with Gasteiger partial charge in [0.05, 0.1) is 23.5 Å². The lowest BCUT2D eigenvalue weighted by Gasteiger charge is -2.04. The molecule has 2 N–H and O–H groups in total. The van der Waals surface area contributed by atoms with E-state index in [0.29, 0.717) is 22.9 Å². The Bertz CT molecular complexity index is 529. The van der Waals surface area contributed by atoms with Gasteiger partial charge in [-0.2, -0.15) is 5.26 Å². The lowest BCUT2D eigenvalue weighted by molar-refractivity contribution is 0.463. The first-order chi connectivity index (χ1) is 7.78. The van der Waals surface area contributed by atoms with E-state index in [4.69, 9.17) is 15.7 Å². The molecule has 0 aliphatic carbocycles. The van der Waals surface area contributed by atoms with Crippen molar-refractivity contribution in [3.63, 3.8) is 0 Å². The molecule has 0 fully saturated rings. The zero-order valence-electron chi connectivity index (χ0n) is 8.42. The maximum atomic E-state index is 8.73. The first-order valence-electron chi connectivity index (χ1n) is 4.67. The van der Waals surface area contributed by atoms with Crippen molar-refractivity contribution in [2.45, 2.75) is 0 Å². The van der Waals surface area contributed by atoms with E-state index in [1.165, 1.54) is 6.20 Å². The Labute approximate surface area is 92.9 Å². The summed E-state index contributed by atoms with van der Waals surface area (Å²) in [6.45, 7) is 0. The normalized spacial score (nSPS) is 9.44. The second kappa shape index (κ2) is 4.32. The van der Waals surface area contributed by atoms with Gasteiger partial charge in [0.1, 0.15) is 5.75 Å². The maximum Gasteiger partial charge on any atom is 0.219 e. The molecule has 4 nitrogen and oxygen atoms in total. The number of aromatic nitrogens is 1. The van der Waals surface area contributed by atoms with E-state index in [-0.39, 0.29) is 0 Å². The number of nitrogens with zero attached hydrogens (tertiary/aromatic N) is 2. The van der Waals surface area contributed by atoms with Gasteiger partial charge in [0.15, 0.2) is 0 Å². The van der Waals surface area contributed by atoms with E-state index in [1.807, 2.05) is 6.07 Å². The second-order valence-electron chi connectivity index (χ2n) is 3.17. The van der Waals surface area contributed by atoms with E-state index >= 15 is 0 Å². The van der Waals surface area contributed by atoms with Gasteiger partial charge < -0.3 is 10.5 Å². The Morgan fingerprint density at radius 1 is 1.25 bits per heavy atom. The fourth-order valence-corrected chi connectivity index (χ4v) is 1.20. The molecule has 1 aromatic carbocycles. The van der Waals surface area contributed by atoms with Gasteiger partial charge in [-0.15, -0.1) is 0 Å². The molecule has 0 atom stereocenters. The average molecular weight is 211 g/mol. The number of ether oxygens (including phenoxy) is 1. The van der Waals surface area contributed by atoms with Crippen molar-refractivity contribution in [3.05, 3.63) is 48.2 Å². The van der Waals surface area contributed by atoms with Crippen LogP contribution in [0.3, 0.4) is 0 Å². The minimum Gasteiger partial charge on any atom is -0.439 e. The summed E-state index contributed by atoms with van der Waals surface area (Å²) in [6.07, 6.45) is 1.52. The molecule has 0 aliphatic heterocycles. The maximum absolute atomic E-state index is 8.73. The van der Waals surface area contributed by atoms with Crippen molar-refractivity contribution in [2.24, 2.45) is 0 Å². The molecule has 0 spiro atoms. The molecule has 2 aromatic rings. The topological polar surface area (TPSA) is 71.9 Å². The predicted molar refractivity (Wildman–Crippen MR) is 59.9 cm³/mol. The van der Waals surface area contributed by atoms with E-state index in [1.54, 1.807) is 36.4 Å². The highest BCUT2D eigenvalue weighted by Gasteiger charge is 1.99. The van der Waals surface area contributed by atoms with E-state index in [9.17, 15) is 0 Å². The van der Waals surface area contributed by atoms with Crippen molar-refractivity contribution < 1.29 is 4.74 Å². The number of anilines is 1. The molecule has 0 amide bonds. The molecule has 0 aliphatic rings. The van der Waals surface area contributed by atoms with Crippen LogP contribution in [0.1, 0.15) is 5.56 Å². The van der Waals surface area contributed by atoms with Crippen LogP contribution < -0.4 is 10.5 Å². The standard InChI is InChI=1S/C12H9N3O/c13-7-9-2-1-3-11(6-9)16-12-5-4-10(14)8-15-12/h1-6,8H,14H2. The molecule has 78 valence electrons. The van der Waals surface area contributed by atoms with Gasteiger partial charge in [-0.25, -0.2) is 4.98 Å². The fourth-order valence-electron chi connectivity index (χ4n) is 1.20. The predicted octanol–water partition coefficient (Wildman–Crippen LogP) is 2.33. The lowest BCUT2D eigenvalue weighted by Crippen LogP contribution is -1.90. The largest absolute Gasteiger partial charge is 0.439 e. The number of pyridine rings is 1. The van der Waals surface area contributed by atoms with Crippen LogP contribution in [0.2, 0.25) is 0 Å². The van der Waals surface area contributed by atoms with Crippen LogP contribution in [0.5, 0.6) is 11.6 Å². The fraction of sp³-hybridized carbons (Fsp3) is 0. The highest BCUT2D eigenvalue weighted by molar-refractivity contribution is 5.40. The van der Waals surface area contributed by atoms with Gasteiger partial charge in [0.2, 0.25) is 5.88 Å². The third kappa shape index (κ3) is 2.28. The lowest BCUT2D eigenvalue weighted by atomic mass is 10.2. The smallest absolute Gasteiger partial charge is 0.219 e. The summed E-state index contributed by atoms with van der Waals surface area (Å²) in [7, 11) is 0. The van der Waals surface area contributed by atoms with Crippen LogP contribution in [0.15, 0.2) is 42.6 Å². The zero-order valence-corrected chi connectivity index (χ0v) is 8.42. The van der Waals surface area contributed by atoms with E-state index in [2.05, 4.69) is 4.98 Å². The Morgan fingerprint density at radius 3 is 2.81 bits per heavy atom. The molecule has 1 heterocycles. The van der Waals surface area contributed by atoms with Crippen LogP contribution >= 0.6 is 0 Å². The average Bonchev–Trinajstić information content (AvgIpc) is 2.32. The van der Waals surface area contributed by atoms with Crippen LogP contribution in [0.25, 0.3) is 0 Å². The summed E-state index contributed by atoms with van der Waals surface area (Å²) in [5, 5.41) is 8.73. The summed E-state index contributed by atoms with van der Waals surface area (Å²) in [5.74, 6) is 1.03. The molecular formula is C12H9N3O. The van der Waals surface area contributed by atoms with Crippen LogP contribution in [-0.4, -0.2) is 4.98 Å². The highest BCUT2D eigenvalue weighted by Crippen LogP contribution is 2.20. The summed E-state index contributed by atoms with van der Waals surface area (Å²) in [6, 6.07) is 12.3. The van der Waals surface area contributed by atoms with Crippen molar-refractivity contribution in [3.8, 4) is 17.7 Å². The Morgan fingerprint density at radius 2 is 2.12 bits per heavy atom. The van der Waals surface area contributed by atoms with Gasteiger partial charge in [-0.3, -0.25) is 0 Å². The van der Waals surface area contributed by atoms with Crippen molar-refractivity contribution in [1.29, 1.82) is 5.26 Å². The van der Waals surface area contributed by atoms with Gasteiger partial charge in [0.25, 0.3) is 0 Å². The molecule has 16 heavy (non-hydrogen) atoms. The van der Waals surface area contributed by atoms with Crippen LogP contribution in [0.4, 0.5) is 5.69 Å². The quantitative estimate of drug-likeness (QED) is 0.827. The molecule has 4 heteroatoms. The Kier molecular flexibility index (Phi) is 2.70. The number of benzene rings is 1. The van der Waals surface area contributed by atoms with Gasteiger partial charge in [-0.1, -0.05) is 6.07 Å². The first kappa shape index (κ1) is 9.99. The summed E-state index contributed by atoms with van der Waals surface area (Å²) in [5.41, 5.74) is 6.64. The van der Waals surface area contributed by atoms with Crippen LogP contribution in [-0.2, 0) is 0 Å². The Hall–Kier alpha value is -2.54. The number of hydrogen-bond acceptors (Lipinski definition) is 4. The minimum absolute atomic E-state index is 0.448. The summed E-state index contributed by atoms with van der Waals surface area (Å²) < 4.78 is 5.46. The number of hydrogen-bond donors (Lipinski definition) is 1. The van der Waals surface area contributed by atoms with E-state index < -0.39 is 0 Å². The molecule has 0 bridgehead atoms. The van der Waals surface area contributed by atoms with Crippen molar-refractivity contribution >= 4 is 5.69 Å². The number of nitrogen functional groups attached to an aromatic ring is 1. The van der Waals surface area contributed by atoms with Gasteiger partial charge in [0, 0.05) is 6.07 Å². The molecule has 1 aromatic heterocycles.